The van der Waals surface area contributed by atoms with E-state index in [0.29, 0.717) is 31.4 Å². The van der Waals surface area contributed by atoms with Gasteiger partial charge in [-0.25, -0.2) is 0 Å². The number of piperazine rings is 1. The van der Waals surface area contributed by atoms with Crippen LogP contribution in [0.3, 0.4) is 0 Å². The van der Waals surface area contributed by atoms with Crippen LogP contribution >= 0.6 is 0 Å². The van der Waals surface area contributed by atoms with Crippen LogP contribution in [0.1, 0.15) is 24.2 Å². The molecule has 1 atom stereocenters. The zero-order valence-corrected chi connectivity index (χ0v) is 17.8. The van der Waals surface area contributed by atoms with E-state index in [0.717, 1.165) is 50.6 Å². The number of aliphatic hydroxyl groups excluding tert-OH is 1. The van der Waals surface area contributed by atoms with E-state index in [1.54, 1.807) is 0 Å². The average Bonchev–Trinajstić information content (AvgIpc) is 3.11. The second-order valence-electron chi connectivity index (χ2n) is 7.75. The van der Waals surface area contributed by atoms with Gasteiger partial charge in [0.15, 0.2) is 5.82 Å². The Morgan fingerprint density at radius 2 is 1.97 bits per heavy atom. The Bertz CT molecular complexity index is 745. The minimum Gasteiger partial charge on any atom is -0.491 e. The third kappa shape index (κ3) is 7.08. The summed E-state index contributed by atoms with van der Waals surface area (Å²) in [5.41, 5.74) is 1.13. The van der Waals surface area contributed by atoms with Crippen molar-refractivity contribution < 1.29 is 14.4 Å². The molecule has 0 radical (unpaired) electrons. The molecule has 160 valence electrons. The number of ether oxygens (including phenoxy) is 1. The topological polar surface area (TPSA) is 78.1 Å². The quantitative estimate of drug-likeness (QED) is 0.638. The lowest BCUT2D eigenvalue weighted by molar-refractivity contribution is 0.0470. The first-order valence-corrected chi connectivity index (χ1v) is 10.3. The smallest absolute Gasteiger partial charge is 0.240 e. The summed E-state index contributed by atoms with van der Waals surface area (Å²) in [6.45, 7) is 11.5. The Morgan fingerprint density at radius 3 is 2.66 bits per heavy atom. The first-order chi connectivity index (χ1) is 14.0. The largest absolute Gasteiger partial charge is 0.491 e. The van der Waals surface area contributed by atoms with Crippen LogP contribution in [-0.2, 0) is 13.1 Å². The molecule has 29 heavy (non-hydrogen) atoms. The summed E-state index contributed by atoms with van der Waals surface area (Å²) >= 11 is 0. The van der Waals surface area contributed by atoms with Gasteiger partial charge in [0, 0.05) is 39.3 Å². The number of aromatic nitrogens is 2. The maximum absolute atomic E-state index is 10.4. The van der Waals surface area contributed by atoms with E-state index in [-0.39, 0.29) is 0 Å². The lowest BCUT2D eigenvalue weighted by Crippen LogP contribution is -2.49. The van der Waals surface area contributed by atoms with Gasteiger partial charge in [-0.15, -0.1) is 0 Å². The Kier molecular flexibility index (Phi) is 8.00. The van der Waals surface area contributed by atoms with Crippen molar-refractivity contribution >= 4 is 0 Å². The predicted molar refractivity (Wildman–Crippen MR) is 111 cm³/mol. The van der Waals surface area contributed by atoms with Crippen molar-refractivity contribution in [1.82, 2.24) is 24.8 Å². The molecule has 1 saturated heterocycles. The van der Waals surface area contributed by atoms with Gasteiger partial charge in [-0.2, -0.15) is 4.98 Å². The molecule has 1 aromatic heterocycles. The number of likely N-dealkylation sites (N-methyl/N-ethyl adjacent to an activating group) is 1. The van der Waals surface area contributed by atoms with Crippen LogP contribution < -0.4 is 4.74 Å². The number of β-amino-alcohol motifs (C(OH)–C–C–N with tert-alkyl or cyclic N) is 1. The van der Waals surface area contributed by atoms with Crippen LogP contribution in [0.4, 0.5) is 0 Å². The van der Waals surface area contributed by atoms with Crippen LogP contribution in [0.25, 0.3) is 0 Å². The molecule has 2 heterocycles. The zero-order valence-electron chi connectivity index (χ0n) is 17.8. The molecular weight excluding hydrogens is 370 g/mol. The molecule has 0 aliphatic carbocycles. The van der Waals surface area contributed by atoms with Crippen LogP contribution in [0, 0.1) is 6.92 Å². The Balaban J connectivity index is 1.42. The van der Waals surface area contributed by atoms with Gasteiger partial charge in [0.2, 0.25) is 5.89 Å². The maximum Gasteiger partial charge on any atom is 0.240 e. The Labute approximate surface area is 173 Å². The fourth-order valence-corrected chi connectivity index (χ4v) is 3.57. The summed E-state index contributed by atoms with van der Waals surface area (Å²) in [6, 6.07) is 7.98. The van der Waals surface area contributed by atoms with E-state index in [4.69, 9.17) is 9.26 Å². The van der Waals surface area contributed by atoms with Crippen molar-refractivity contribution in [2.45, 2.75) is 33.0 Å². The van der Waals surface area contributed by atoms with E-state index in [1.807, 2.05) is 32.2 Å². The number of aliphatic hydroxyl groups is 1. The molecule has 0 unspecified atom stereocenters. The maximum atomic E-state index is 10.4. The molecule has 1 N–H and O–H groups in total. The van der Waals surface area contributed by atoms with E-state index < -0.39 is 6.10 Å². The van der Waals surface area contributed by atoms with Gasteiger partial charge < -0.3 is 19.3 Å². The number of benzene rings is 1. The summed E-state index contributed by atoms with van der Waals surface area (Å²) < 4.78 is 11.0. The van der Waals surface area contributed by atoms with Gasteiger partial charge in [-0.1, -0.05) is 24.2 Å². The van der Waals surface area contributed by atoms with Crippen LogP contribution in [0.5, 0.6) is 5.75 Å². The molecule has 8 nitrogen and oxygen atoms in total. The molecule has 0 spiro atoms. The average molecular weight is 404 g/mol. The van der Waals surface area contributed by atoms with Gasteiger partial charge in [0.1, 0.15) is 18.5 Å². The monoisotopic (exact) mass is 403 g/mol. The highest BCUT2D eigenvalue weighted by Gasteiger charge is 2.18. The summed E-state index contributed by atoms with van der Waals surface area (Å²) in [4.78, 5) is 11.1. The van der Waals surface area contributed by atoms with Gasteiger partial charge in [-0.3, -0.25) is 9.80 Å². The predicted octanol–water partition coefficient (Wildman–Crippen LogP) is 1.39. The molecule has 1 aliphatic rings. The molecule has 8 heteroatoms. The van der Waals surface area contributed by atoms with Crippen molar-refractivity contribution in [3.8, 4) is 5.75 Å². The Morgan fingerprint density at radius 1 is 1.21 bits per heavy atom. The van der Waals surface area contributed by atoms with Crippen molar-refractivity contribution in [2.24, 2.45) is 0 Å². The van der Waals surface area contributed by atoms with Gasteiger partial charge in [0.25, 0.3) is 0 Å². The fourth-order valence-electron chi connectivity index (χ4n) is 3.57. The molecule has 0 saturated carbocycles. The van der Waals surface area contributed by atoms with Gasteiger partial charge in [-0.05, 0) is 38.2 Å². The van der Waals surface area contributed by atoms with Gasteiger partial charge in [0.05, 0.1) is 6.54 Å². The fraction of sp³-hybridized carbons (Fsp3) is 0.619. The number of hydrogen-bond acceptors (Lipinski definition) is 8. The highest BCUT2D eigenvalue weighted by molar-refractivity contribution is 5.28. The Hall–Kier alpha value is -2.00. The number of nitrogens with zero attached hydrogens (tertiary/aromatic N) is 5. The molecule has 1 aliphatic heterocycles. The van der Waals surface area contributed by atoms with Crippen molar-refractivity contribution in [3.05, 3.63) is 41.5 Å². The lowest BCUT2D eigenvalue weighted by atomic mass is 10.2. The van der Waals surface area contributed by atoms with Crippen molar-refractivity contribution in [3.63, 3.8) is 0 Å². The van der Waals surface area contributed by atoms with Crippen molar-refractivity contribution in [2.75, 3.05) is 52.9 Å². The molecule has 1 fully saturated rings. The standard InChI is InChI=1S/C21H33N5O3/c1-4-25-8-10-26(11-9-25)14-19(27)16-28-20-7-5-6-18(12-20)13-24(3)15-21-22-17(2)23-29-21/h5-7,12,19,27H,4,8-11,13-16H2,1-3H3/t19-/m0/s1. The molecular formula is C21H33N5O3. The SMILES string of the molecule is CCN1CCN(C[C@H](O)COc2cccc(CN(C)Cc3nc(C)no3)c2)CC1. The number of rotatable bonds is 10. The van der Waals surface area contributed by atoms with Crippen LogP contribution in [-0.4, -0.2) is 89.0 Å². The van der Waals surface area contributed by atoms with E-state index in [2.05, 4.69) is 37.8 Å². The van der Waals surface area contributed by atoms with E-state index in [1.165, 1.54) is 0 Å². The first-order valence-electron chi connectivity index (χ1n) is 10.3. The normalized spacial score (nSPS) is 17.0. The summed E-state index contributed by atoms with van der Waals surface area (Å²) in [6.07, 6.45) is -0.490. The third-order valence-corrected chi connectivity index (χ3v) is 5.15. The minimum absolute atomic E-state index is 0.300. The molecule has 3 rings (SSSR count). The van der Waals surface area contributed by atoms with Crippen molar-refractivity contribution in [1.29, 1.82) is 0 Å². The summed E-state index contributed by atoms with van der Waals surface area (Å²) in [7, 11) is 2.01. The highest BCUT2D eigenvalue weighted by Crippen LogP contribution is 2.16. The van der Waals surface area contributed by atoms with E-state index in [9.17, 15) is 5.11 Å². The summed E-state index contributed by atoms with van der Waals surface area (Å²) in [5, 5.41) is 14.2. The minimum atomic E-state index is -0.490. The zero-order chi connectivity index (χ0) is 20.6. The molecule has 0 amide bonds. The highest BCUT2D eigenvalue weighted by atomic mass is 16.5. The second kappa shape index (κ2) is 10.7. The molecule has 2 aromatic rings. The van der Waals surface area contributed by atoms with Crippen LogP contribution in [0.15, 0.2) is 28.8 Å². The molecule has 0 bridgehead atoms. The lowest BCUT2D eigenvalue weighted by Gasteiger charge is -2.34. The van der Waals surface area contributed by atoms with Crippen LogP contribution in [0.2, 0.25) is 0 Å². The number of hydrogen-bond donors (Lipinski definition) is 1. The van der Waals surface area contributed by atoms with E-state index >= 15 is 0 Å². The summed E-state index contributed by atoms with van der Waals surface area (Å²) in [5.74, 6) is 2.04. The first kappa shape index (κ1) is 21.7. The number of aryl methyl sites for hydroxylation is 1. The van der Waals surface area contributed by atoms with Gasteiger partial charge >= 0.3 is 0 Å². The molecule has 1 aromatic carbocycles. The third-order valence-electron chi connectivity index (χ3n) is 5.15. The second-order valence-corrected chi connectivity index (χ2v) is 7.75.